The smallest absolute Gasteiger partial charge is 0.410 e. The number of hydrogen-bond donors (Lipinski definition) is 0. The molecule has 138 valence electrons. The number of halogens is 1. The summed E-state index contributed by atoms with van der Waals surface area (Å²) in [5.41, 5.74) is 2.27. The lowest BCUT2D eigenvalue weighted by molar-refractivity contribution is 0.102. The van der Waals surface area contributed by atoms with Crippen molar-refractivity contribution in [3.05, 3.63) is 71.8 Å². The van der Waals surface area contributed by atoms with Crippen molar-refractivity contribution in [2.75, 3.05) is 19.8 Å². The fraction of sp³-hybridized carbons (Fsp3) is 0.409. The Bertz CT molecular complexity index is 677. The first-order valence-electron chi connectivity index (χ1n) is 9.32. The summed E-state index contributed by atoms with van der Waals surface area (Å²) in [6.07, 6.45) is 2.61. The zero-order valence-electron chi connectivity index (χ0n) is 15.0. The Hall–Kier alpha value is -2.36. The molecule has 2 aromatic carbocycles. The lowest BCUT2D eigenvalue weighted by atomic mass is 9.91. The van der Waals surface area contributed by atoms with E-state index in [1.807, 2.05) is 48.5 Å². The molecule has 2 atom stereocenters. The highest BCUT2D eigenvalue weighted by molar-refractivity contribution is 5.68. The van der Waals surface area contributed by atoms with Crippen molar-refractivity contribution in [2.45, 2.75) is 25.9 Å². The molecule has 0 aliphatic carbocycles. The van der Waals surface area contributed by atoms with E-state index in [4.69, 9.17) is 4.74 Å². The summed E-state index contributed by atoms with van der Waals surface area (Å²) in [6.45, 7) is 0.935. The largest absolute Gasteiger partial charge is 0.445 e. The standard InChI is InChI=1S/C22H26FNO2/c23-14-21-16-24(22(25)26-17-19-10-5-2-6-11-19)15-20(21)13-7-12-18-8-3-1-4-9-18/h1-6,8-11,20-21H,7,12-17H2/t20-,21?/m1/s1. The van der Waals surface area contributed by atoms with Gasteiger partial charge in [0.2, 0.25) is 0 Å². The second-order valence-electron chi connectivity index (χ2n) is 7.00. The molecular weight excluding hydrogens is 329 g/mol. The fourth-order valence-electron chi connectivity index (χ4n) is 3.61. The van der Waals surface area contributed by atoms with E-state index in [0.29, 0.717) is 13.1 Å². The van der Waals surface area contributed by atoms with Crippen molar-refractivity contribution in [3.8, 4) is 0 Å². The number of ether oxygens (including phenoxy) is 1. The molecule has 1 aliphatic rings. The molecule has 26 heavy (non-hydrogen) atoms. The Morgan fingerprint density at radius 3 is 2.23 bits per heavy atom. The molecular formula is C22H26FNO2. The van der Waals surface area contributed by atoms with E-state index < -0.39 is 0 Å². The van der Waals surface area contributed by atoms with Crippen molar-refractivity contribution in [3.63, 3.8) is 0 Å². The van der Waals surface area contributed by atoms with Gasteiger partial charge in [-0.15, -0.1) is 0 Å². The summed E-state index contributed by atoms with van der Waals surface area (Å²) in [7, 11) is 0. The highest BCUT2D eigenvalue weighted by Gasteiger charge is 2.35. The average molecular weight is 355 g/mol. The third kappa shape index (κ3) is 5.07. The number of alkyl halides is 1. The molecule has 4 heteroatoms. The quantitative estimate of drug-likeness (QED) is 0.709. The summed E-state index contributed by atoms with van der Waals surface area (Å²) in [6, 6.07) is 19.9. The second-order valence-corrected chi connectivity index (χ2v) is 7.00. The zero-order valence-corrected chi connectivity index (χ0v) is 15.0. The Balaban J connectivity index is 1.45. The van der Waals surface area contributed by atoms with Crippen LogP contribution >= 0.6 is 0 Å². The SMILES string of the molecule is O=C(OCc1ccccc1)N1CC(CF)[C@H](CCCc2ccccc2)C1. The van der Waals surface area contributed by atoms with Gasteiger partial charge >= 0.3 is 6.09 Å². The maximum atomic E-state index is 13.4. The monoisotopic (exact) mass is 355 g/mol. The molecule has 0 N–H and O–H groups in total. The van der Waals surface area contributed by atoms with Crippen LogP contribution in [0.15, 0.2) is 60.7 Å². The first kappa shape index (κ1) is 18.4. The molecule has 0 radical (unpaired) electrons. The predicted molar refractivity (Wildman–Crippen MR) is 101 cm³/mol. The van der Waals surface area contributed by atoms with Gasteiger partial charge in [0.15, 0.2) is 0 Å². The third-order valence-electron chi connectivity index (χ3n) is 5.12. The Kier molecular flexibility index (Phi) is 6.64. The van der Waals surface area contributed by atoms with E-state index in [1.165, 1.54) is 5.56 Å². The summed E-state index contributed by atoms with van der Waals surface area (Å²) < 4.78 is 18.8. The Morgan fingerprint density at radius 1 is 0.962 bits per heavy atom. The molecule has 1 unspecified atom stereocenters. The van der Waals surface area contributed by atoms with E-state index in [9.17, 15) is 9.18 Å². The summed E-state index contributed by atoms with van der Waals surface area (Å²) in [5, 5.41) is 0. The lowest BCUT2D eigenvalue weighted by Gasteiger charge is -2.16. The van der Waals surface area contributed by atoms with Crippen LogP contribution in [0.2, 0.25) is 0 Å². The van der Waals surface area contributed by atoms with Crippen molar-refractivity contribution in [2.24, 2.45) is 11.8 Å². The van der Waals surface area contributed by atoms with Gasteiger partial charge in [-0.25, -0.2) is 4.79 Å². The molecule has 0 bridgehead atoms. The molecule has 1 heterocycles. The van der Waals surface area contributed by atoms with Crippen LogP contribution in [0.5, 0.6) is 0 Å². The van der Waals surface area contributed by atoms with Crippen LogP contribution in [-0.2, 0) is 17.8 Å². The molecule has 1 fully saturated rings. The molecule has 0 spiro atoms. The van der Waals surface area contributed by atoms with Crippen LogP contribution < -0.4 is 0 Å². The number of nitrogens with zero attached hydrogens (tertiary/aromatic N) is 1. The second kappa shape index (κ2) is 9.37. The minimum Gasteiger partial charge on any atom is -0.445 e. The van der Waals surface area contributed by atoms with E-state index in [-0.39, 0.29) is 31.2 Å². The van der Waals surface area contributed by atoms with E-state index >= 15 is 0 Å². The molecule has 1 amide bonds. The number of likely N-dealkylation sites (tertiary alicyclic amines) is 1. The van der Waals surface area contributed by atoms with Gasteiger partial charge in [-0.3, -0.25) is 4.39 Å². The summed E-state index contributed by atoms with van der Waals surface area (Å²) in [4.78, 5) is 14.0. The lowest BCUT2D eigenvalue weighted by Crippen LogP contribution is -2.29. The van der Waals surface area contributed by atoms with Crippen LogP contribution in [0.1, 0.15) is 24.0 Å². The van der Waals surface area contributed by atoms with Crippen LogP contribution in [0.3, 0.4) is 0 Å². The van der Waals surface area contributed by atoms with Gasteiger partial charge in [-0.1, -0.05) is 60.7 Å². The first-order chi connectivity index (χ1) is 12.8. The number of rotatable bonds is 7. The van der Waals surface area contributed by atoms with Gasteiger partial charge in [0.1, 0.15) is 6.61 Å². The highest BCUT2D eigenvalue weighted by Crippen LogP contribution is 2.29. The number of hydrogen-bond acceptors (Lipinski definition) is 2. The molecule has 3 rings (SSSR count). The molecule has 0 saturated carbocycles. The fourth-order valence-corrected chi connectivity index (χ4v) is 3.61. The van der Waals surface area contributed by atoms with Gasteiger partial charge in [0.05, 0.1) is 6.67 Å². The summed E-state index contributed by atoms with van der Waals surface area (Å²) in [5.74, 6) is 0.142. The number of aryl methyl sites for hydroxylation is 1. The number of benzene rings is 2. The molecule has 3 nitrogen and oxygen atoms in total. The van der Waals surface area contributed by atoms with Crippen LogP contribution in [0.25, 0.3) is 0 Å². The zero-order chi connectivity index (χ0) is 18.2. The van der Waals surface area contributed by atoms with E-state index in [0.717, 1.165) is 24.8 Å². The number of carbonyl (C=O) groups is 1. The van der Waals surface area contributed by atoms with Crippen molar-refractivity contribution in [1.29, 1.82) is 0 Å². The summed E-state index contributed by atoms with van der Waals surface area (Å²) >= 11 is 0. The Morgan fingerprint density at radius 2 is 1.58 bits per heavy atom. The number of amides is 1. The number of carbonyl (C=O) groups excluding carboxylic acids is 1. The average Bonchev–Trinajstić information content (AvgIpc) is 3.11. The molecule has 1 aliphatic heterocycles. The van der Waals surface area contributed by atoms with Gasteiger partial charge in [-0.2, -0.15) is 0 Å². The van der Waals surface area contributed by atoms with Crippen LogP contribution in [0.4, 0.5) is 9.18 Å². The minimum absolute atomic E-state index is 0.0740. The van der Waals surface area contributed by atoms with Crippen molar-refractivity contribution in [1.82, 2.24) is 4.90 Å². The van der Waals surface area contributed by atoms with Crippen molar-refractivity contribution < 1.29 is 13.9 Å². The molecule has 0 aromatic heterocycles. The van der Waals surface area contributed by atoms with Crippen molar-refractivity contribution >= 4 is 6.09 Å². The Labute approximate surface area is 154 Å². The molecule has 1 saturated heterocycles. The van der Waals surface area contributed by atoms with Gasteiger partial charge < -0.3 is 9.64 Å². The van der Waals surface area contributed by atoms with Gasteiger partial charge in [0, 0.05) is 19.0 Å². The molecule has 2 aromatic rings. The predicted octanol–water partition coefficient (Wildman–Crippen LogP) is 4.86. The first-order valence-corrected chi connectivity index (χ1v) is 9.32. The van der Waals surface area contributed by atoms with E-state index in [1.54, 1.807) is 4.90 Å². The highest BCUT2D eigenvalue weighted by atomic mass is 19.1. The van der Waals surface area contributed by atoms with Crippen LogP contribution in [-0.4, -0.2) is 30.8 Å². The van der Waals surface area contributed by atoms with Gasteiger partial charge in [0.25, 0.3) is 0 Å². The maximum Gasteiger partial charge on any atom is 0.410 e. The minimum atomic E-state index is -0.377. The topological polar surface area (TPSA) is 29.5 Å². The normalized spacial score (nSPS) is 19.5. The van der Waals surface area contributed by atoms with Crippen LogP contribution in [0, 0.1) is 11.8 Å². The third-order valence-corrected chi connectivity index (χ3v) is 5.12. The van der Waals surface area contributed by atoms with E-state index in [2.05, 4.69) is 12.1 Å². The van der Waals surface area contributed by atoms with Gasteiger partial charge in [-0.05, 0) is 36.3 Å². The maximum absolute atomic E-state index is 13.4.